The van der Waals surface area contributed by atoms with Crippen LogP contribution in [0, 0.1) is 5.92 Å². The van der Waals surface area contributed by atoms with E-state index in [2.05, 4.69) is 0 Å². The van der Waals surface area contributed by atoms with Crippen molar-refractivity contribution in [3.8, 4) is 5.75 Å². The van der Waals surface area contributed by atoms with Gasteiger partial charge in [0.25, 0.3) is 0 Å². The number of carbonyl (C=O) groups is 1. The summed E-state index contributed by atoms with van der Waals surface area (Å²) in [5.41, 5.74) is 0. The normalized spacial score (nSPS) is 12.5. The van der Waals surface area contributed by atoms with Crippen LogP contribution in [0.15, 0.2) is 18.2 Å². The van der Waals surface area contributed by atoms with E-state index in [1.54, 1.807) is 12.1 Å². The molecule has 0 spiro atoms. The molecule has 0 saturated heterocycles. The van der Waals surface area contributed by atoms with Crippen LogP contribution in [0.2, 0.25) is 10.0 Å². The zero-order chi connectivity index (χ0) is 13.7. The maximum atomic E-state index is 11.0. The molecular weight excluding hydrogens is 275 g/mol. The standard InChI is InChI=1S/C13H16Cl2O3/c1-8(2)3-5-12(13(16)17)18-11-6-4-9(14)7-10(11)15/h4,6-8,12H,3,5H2,1-2H3,(H,16,17)/p-1. The van der Waals surface area contributed by atoms with E-state index in [1.807, 2.05) is 13.8 Å². The molecule has 0 radical (unpaired) electrons. The molecule has 0 aliphatic carbocycles. The third kappa shape index (κ3) is 4.75. The topological polar surface area (TPSA) is 49.4 Å². The molecule has 0 bridgehead atoms. The van der Waals surface area contributed by atoms with Crippen LogP contribution in [0.25, 0.3) is 0 Å². The minimum atomic E-state index is -1.23. The minimum absolute atomic E-state index is 0.290. The molecule has 0 N–H and O–H groups in total. The summed E-state index contributed by atoms with van der Waals surface area (Å²) >= 11 is 11.7. The van der Waals surface area contributed by atoms with Crippen LogP contribution in [-0.2, 0) is 4.79 Å². The van der Waals surface area contributed by atoms with Crippen molar-refractivity contribution >= 4 is 29.2 Å². The molecule has 0 saturated carbocycles. The molecule has 0 heterocycles. The van der Waals surface area contributed by atoms with E-state index in [9.17, 15) is 9.90 Å². The predicted molar refractivity (Wildman–Crippen MR) is 70.0 cm³/mol. The van der Waals surface area contributed by atoms with Gasteiger partial charge in [-0.05, 0) is 37.0 Å². The highest BCUT2D eigenvalue weighted by molar-refractivity contribution is 6.35. The molecule has 0 aromatic heterocycles. The zero-order valence-electron chi connectivity index (χ0n) is 10.3. The van der Waals surface area contributed by atoms with Gasteiger partial charge in [-0.3, -0.25) is 0 Å². The minimum Gasteiger partial charge on any atom is -0.546 e. The number of carbonyl (C=O) groups excluding carboxylic acids is 1. The monoisotopic (exact) mass is 289 g/mol. The first-order valence-corrected chi connectivity index (χ1v) is 6.48. The summed E-state index contributed by atoms with van der Waals surface area (Å²) < 4.78 is 5.36. The van der Waals surface area contributed by atoms with Crippen molar-refractivity contribution in [2.24, 2.45) is 5.92 Å². The van der Waals surface area contributed by atoms with Crippen molar-refractivity contribution in [1.29, 1.82) is 0 Å². The molecule has 1 aromatic carbocycles. The lowest BCUT2D eigenvalue weighted by Crippen LogP contribution is -2.39. The molecule has 0 aliphatic rings. The Kier molecular flexibility index (Phi) is 5.76. The molecule has 100 valence electrons. The van der Waals surface area contributed by atoms with Gasteiger partial charge >= 0.3 is 0 Å². The van der Waals surface area contributed by atoms with Crippen LogP contribution >= 0.6 is 23.2 Å². The van der Waals surface area contributed by atoms with E-state index >= 15 is 0 Å². The van der Waals surface area contributed by atoms with Gasteiger partial charge in [-0.1, -0.05) is 37.0 Å². The average molecular weight is 290 g/mol. The highest BCUT2D eigenvalue weighted by Gasteiger charge is 2.14. The number of rotatable bonds is 6. The summed E-state index contributed by atoms with van der Waals surface area (Å²) in [5, 5.41) is 11.8. The average Bonchev–Trinajstić information content (AvgIpc) is 2.26. The second-order valence-electron chi connectivity index (χ2n) is 4.47. The Morgan fingerprint density at radius 1 is 1.33 bits per heavy atom. The van der Waals surface area contributed by atoms with Crippen molar-refractivity contribution in [2.45, 2.75) is 32.8 Å². The number of hydrogen-bond donors (Lipinski definition) is 0. The Morgan fingerprint density at radius 3 is 2.50 bits per heavy atom. The fraction of sp³-hybridized carbons (Fsp3) is 0.462. The third-order valence-corrected chi connectivity index (χ3v) is 2.96. The van der Waals surface area contributed by atoms with Crippen LogP contribution in [0.4, 0.5) is 0 Å². The Balaban J connectivity index is 2.73. The highest BCUT2D eigenvalue weighted by atomic mass is 35.5. The summed E-state index contributed by atoms with van der Waals surface area (Å²) in [6.07, 6.45) is 0.133. The van der Waals surface area contributed by atoms with Gasteiger partial charge in [0.2, 0.25) is 0 Å². The Hall–Kier alpha value is -0.930. The van der Waals surface area contributed by atoms with E-state index in [4.69, 9.17) is 27.9 Å². The lowest BCUT2D eigenvalue weighted by Gasteiger charge is -2.21. The van der Waals surface area contributed by atoms with Crippen molar-refractivity contribution in [3.63, 3.8) is 0 Å². The fourth-order valence-corrected chi connectivity index (χ4v) is 1.89. The van der Waals surface area contributed by atoms with Gasteiger partial charge in [-0.25, -0.2) is 0 Å². The van der Waals surface area contributed by atoms with Crippen LogP contribution in [0.5, 0.6) is 5.75 Å². The first-order valence-electron chi connectivity index (χ1n) is 5.72. The van der Waals surface area contributed by atoms with E-state index in [1.165, 1.54) is 6.07 Å². The number of hydrogen-bond acceptors (Lipinski definition) is 3. The number of carboxylic acid groups (broad SMARTS) is 1. The second-order valence-corrected chi connectivity index (χ2v) is 5.32. The van der Waals surface area contributed by atoms with Crippen LogP contribution < -0.4 is 9.84 Å². The summed E-state index contributed by atoms with van der Waals surface area (Å²) in [6.45, 7) is 4.03. The number of benzene rings is 1. The molecule has 5 heteroatoms. The quantitative estimate of drug-likeness (QED) is 0.809. The molecular formula is C13H15Cl2O3-. The highest BCUT2D eigenvalue weighted by Crippen LogP contribution is 2.29. The van der Waals surface area contributed by atoms with Crippen molar-refractivity contribution in [2.75, 3.05) is 0 Å². The number of ether oxygens (including phenoxy) is 1. The lowest BCUT2D eigenvalue weighted by molar-refractivity contribution is -0.313. The van der Waals surface area contributed by atoms with Gasteiger partial charge in [0.05, 0.1) is 11.0 Å². The molecule has 1 atom stereocenters. The van der Waals surface area contributed by atoms with Crippen molar-refractivity contribution < 1.29 is 14.6 Å². The molecule has 0 amide bonds. The van der Waals surface area contributed by atoms with Gasteiger partial charge in [0, 0.05) is 5.02 Å². The van der Waals surface area contributed by atoms with Gasteiger partial charge in [0.15, 0.2) is 0 Å². The largest absolute Gasteiger partial charge is 0.546 e. The van der Waals surface area contributed by atoms with Crippen LogP contribution in [0.3, 0.4) is 0 Å². The van der Waals surface area contributed by atoms with Crippen molar-refractivity contribution in [3.05, 3.63) is 28.2 Å². The van der Waals surface area contributed by atoms with E-state index in [-0.39, 0.29) is 0 Å². The fourth-order valence-electron chi connectivity index (χ4n) is 1.43. The summed E-state index contributed by atoms with van der Waals surface area (Å²) in [5.74, 6) is -0.531. The van der Waals surface area contributed by atoms with Gasteiger partial charge in [-0.15, -0.1) is 0 Å². The van der Waals surface area contributed by atoms with E-state index in [0.29, 0.717) is 28.1 Å². The molecule has 0 aliphatic heterocycles. The third-order valence-electron chi connectivity index (χ3n) is 2.43. The van der Waals surface area contributed by atoms with E-state index < -0.39 is 12.1 Å². The lowest BCUT2D eigenvalue weighted by atomic mass is 10.1. The SMILES string of the molecule is CC(C)CCC(Oc1ccc(Cl)cc1Cl)C(=O)[O-]. The molecule has 18 heavy (non-hydrogen) atoms. The molecule has 1 aromatic rings. The molecule has 0 fully saturated rings. The van der Waals surface area contributed by atoms with Crippen molar-refractivity contribution in [1.82, 2.24) is 0 Å². The zero-order valence-corrected chi connectivity index (χ0v) is 11.8. The Bertz CT molecular complexity index is 419. The first kappa shape index (κ1) is 15.1. The summed E-state index contributed by atoms with van der Waals surface area (Å²) in [4.78, 5) is 11.0. The Labute approximate surface area is 117 Å². The second kappa shape index (κ2) is 6.86. The van der Waals surface area contributed by atoms with Gasteiger partial charge in [0.1, 0.15) is 11.9 Å². The van der Waals surface area contributed by atoms with E-state index in [0.717, 1.165) is 6.42 Å². The number of halogens is 2. The number of carboxylic acids is 1. The van der Waals surface area contributed by atoms with Gasteiger partial charge < -0.3 is 14.6 Å². The summed E-state index contributed by atoms with van der Waals surface area (Å²) in [6, 6.07) is 4.65. The maximum absolute atomic E-state index is 11.0. The van der Waals surface area contributed by atoms with Crippen LogP contribution in [0.1, 0.15) is 26.7 Å². The predicted octanol–water partition coefficient (Wildman–Crippen LogP) is 2.93. The molecule has 1 unspecified atom stereocenters. The summed E-state index contributed by atoms with van der Waals surface area (Å²) in [7, 11) is 0. The van der Waals surface area contributed by atoms with Gasteiger partial charge in [-0.2, -0.15) is 0 Å². The molecule has 3 nitrogen and oxygen atoms in total. The molecule has 1 rings (SSSR count). The van der Waals surface area contributed by atoms with Crippen LogP contribution in [-0.4, -0.2) is 12.1 Å². The first-order chi connectivity index (χ1) is 8.40. The maximum Gasteiger partial charge on any atom is 0.139 e. The number of aliphatic carboxylic acids is 1. The Morgan fingerprint density at radius 2 is 2.00 bits per heavy atom. The smallest absolute Gasteiger partial charge is 0.139 e.